The van der Waals surface area contributed by atoms with Gasteiger partial charge in [0.05, 0.1) is 6.04 Å². The second kappa shape index (κ2) is 8.93. The Morgan fingerprint density at radius 2 is 1.97 bits per heavy atom. The average molecular weight is 426 g/mol. The van der Waals surface area contributed by atoms with Crippen molar-refractivity contribution in [1.29, 1.82) is 0 Å². The van der Waals surface area contributed by atoms with E-state index in [4.69, 9.17) is 0 Å². The minimum absolute atomic E-state index is 0.0587. The topological polar surface area (TPSA) is 76.6 Å². The van der Waals surface area contributed by atoms with Gasteiger partial charge in [-0.1, -0.05) is 44.9 Å². The normalized spacial score (nSPS) is 23.7. The molecule has 2 heterocycles. The summed E-state index contributed by atoms with van der Waals surface area (Å²) < 4.78 is 0. The number of hydrogen-bond donors (Lipinski definition) is 2. The molecule has 0 radical (unpaired) electrons. The molecule has 0 bridgehead atoms. The summed E-state index contributed by atoms with van der Waals surface area (Å²) in [5.41, 5.74) is 3.70. The number of hydrogen-bond acceptors (Lipinski definition) is 2. The molecule has 2 amide bonds. The second-order valence-electron chi connectivity index (χ2n) is 9.80. The first-order valence-electron chi connectivity index (χ1n) is 11.7. The fourth-order valence-corrected chi connectivity index (χ4v) is 5.67. The van der Waals surface area contributed by atoms with E-state index in [1.165, 1.54) is 21.5 Å². The molecule has 168 valence electrons. The van der Waals surface area contributed by atoms with Crippen LogP contribution >= 0.6 is 0 Å². The van der Waals surface area contributed by atoms with Crippen LogP contribution in [0, 0.1) is 17.8 Å². The van der Waals surface area contributed by atoms with E-state index < -0.39 is 6.09 Å². The molecular weight excluding hydrogens is 390 g/mol. The van der Waals surface area contributed by atoms with Crippen LogP contribution in [0.15, 0.2) is 24.3 Å². The monoisotopic (exact) mass is 425 g/mol. The van der Waals surface area contributed by atoms with Gasteiger partial charge in [-0.15, -0.1) is 0 Å². The lowest BCUT2D eigenvalue weighted by Gasteiger charge is -2.42. The Kier molecular flexibility index (Phi) is 6.26. The highest BCUT2D eigenvalue weighted by Crippen LogP contribution is 2.41. The van der Waals surface area contributed by atoms with E-state index in [0.717, 1.165) is 50.6 Å². The van der Waals surface area contributed by atoms with Crippen molar-refractivity contribution in [3.8, 4) is 0 Å². The summed E-state index contributed by atoms with van der Waals surface area (Å²) in [5.74, 6) is 0.707. The number of para-hydroxylation sites is 1. The molecular formula is C25H35N3O3. The minimum Gasteiger partial charge on any atom is -0.465 e. The summed E-state index contributed by atoms with van der Waals surface area (Å²) >= 11 is 0. The van der Waals surface area contributed by atoms with Crippen LogP contribution in [0.4, 0.5) is 4.79 Å². The number of aromatic amines is 1. The first kappa shape index (κ1) is 21.7. The Bertz CT molecular complexity index is 951. The number of carbonyl (C=O) groups is 2. The maximum atomic E-state index is 13.9. The Morgan fingerprint density at radius 3 is 2.71 bits per heavy atom. The van der Waals surface area contributed by atoms with Crippen LogP contribution in [0.25, 0.3) is 10.9 Å². The smallest absolute Gasteiger partial charge is 0.407 e. The zero-order valence-corrected chi connectivity index (χ0v) is 18.9. The van der Waals surface area contributed by atoms with Crippen molar-refractivity contribution in [2.45, 2.75) is 58.4 Å². The maximum Gasteiger partial charge on any atom is 0.407 e. The molecule has 1 aromatic heterocycles. The highest BCUT2D eigenvalue weighted by Gasteiger charge is 2.40. The van der Waals surface area contributed by atoms with Gasteiger partial charge in [0.1, 0.15) is 0 Å². The molecule has 1 fully saturated rings. The maximum absolute atomic E-state index is 13.9. The molecule has 1 aliphatic heterocycles. The van der Waals surface area contributed by atoms with E-state index in [1.807, 2.05) is 0 Å². The number of benzene rings is 1. The molecule has 2 aliphatic rings. The number of rotatable bonds is 5. The van der Waals surface area contributed by atoms with E-state index in [0.29, 0.717) is 12.5 Å². The van der Waals surface area contributed by atoms with Crippen molar-refractivity contribution in [3.05, 3.63) is 35.5 Å². The molecule has 1 aromatic carbocycles. The molecule has 3 atom stereocenters. The number of amides is 2. The number of carbonyl (C=O) groups excluding carboxylic acids is 1. The standard InChI is InChI=1S/C25H35N3O3/c1-16(2)14-22-23-20(19-10-6-7-11-21(19)26-23)12-13-28(22)24(29)18-9-5-4-8-17(18)15-27(3)25(30)31/h6-7,10-11,16-18,22,26H,4-5,8-9,12-15H2,1-3H3,(H,30,31). The van der Waals surface area contributed by atoms with Crippen LogP contribution in [0.1, 0.15) is 63.3 Å². The van der Waals surface area contributed by atoms with Crippen molar-refractivity contribution < 1.29 is 14.7 Å². The summed E-state index contributed by atoms with van der Waals surface area (Å²) in [6, 6.07) is 8.48. The summed E-state index contributed by atoms with van der Waals surface area (Å²) in [5, 5.41) is 10.6. The number of aromatic nitrogens is 1. The zero-order valence-electron chi connectivity index (χ0n) is 18.9. The Morgan fingerprint density at radius 1 is 1.23 bits per heavy atom. The molecule has 2 N–H and O–H groups in total. The highest BCUT2D eigenvalue weighted by atomic mass is 16.4. The van der Waals surface area contributed by atoms with Gasteiger partial charge < -0.3 is 19.9 Å². The van der Waals surface area contributed by atoms with Crippen molar-refractivity contribution in [3.63, 3.8) is 0 Å². The molecule has 6 heteroatoms. The van der Waals surface area contributed by atoms with Crippen molar-refractivity contribution in [2.24, 2.45) is 17.8 Å². The van der Waals surface area contributed by atoms with Gasteiger partial charge in [-0.25, -0.2) is 4.79 Å². The van der Waals surface area contributed by atoms with Crippen LogP contribution in [0.2, 0.25) is 0 Å². The second-order valence-corrected chi connectivity index (χ2v) is 9.80. The summed E-state index contributed by atoms with van der Waals surface area (Å²) in [4.78, 5) is 32.3. The van der Waals surface area contributed by atoms with Crippen LogP contribution < -0.4 is 0 Å². The quantitative estimate of drug-likeness (QED) is 0.703. The molecule has 2 aromatic rings. The van der Waals surface area contributed by atoms with Crippen LogP contribution in [0.5, 0.6) is 0 Å². The first-order valence-corrected chi connectivity index (χ1v) is 11.7. The van der Waals surface area contributed by atoms with E-state index >= 15 is 0 Å². The summed E-state index contributed by atoms with van der Waals surface area (Å²) in [7, 11) is 1.61. The minimum atomic E-state index is -0.921. The summed E-state index contributed by atoms with van der Waals surface area (Å²) in [6.45, 7) is 5.60. The van der Waals surface area contributed by atoms with Gasteiger partial charge in [-0.2, -0.15) is 0 Å². The lowest BCUT2D eigenvalue weighted by molar-refractivity contribution is -0.142. The zero-order chi connectivity index (χ0) is 22.1. The molecule has 1 aliphatic carbocycles. The molecule has 0 saturated heterocycles. The van der Waals surface area contributed by atoms with E-state index in [1.54, 1.807) is 7.05 Å². The van der Waals surface area contributed by atoms with E-state index in [2.05, 4.69) is 48.0 Å². The fourth-order valence-electron chi connectivity index (χ4n) is 5.67. The van der Waals surface area contributed by atoms with Crippen LogP contribution in [-0.2, 0) is 11.2 Å². The third-order valence-corrected chi connectivity index (χ3v) is 7.20. The van der Waals surface area contributed by atoms with Crippen molar-refractivity contribution in [2.75, 3.05) is 20.1 Å². The van der Waals surface area contributed by atoms with Gasteiger partial charge in [-0.05, 0) is 49.1 Å². The lowest BCUT2D eigenvalue weighted by atomic mass is 9.77. The predicted molar refractivity (Wildman–Crippen MR) is 122 cm³/mol. The molecule has 31 heavy (non-hydrogen) atoms. The van der Waals surface area contributed by atoms with Gasteiger partial charge in [-0.3, -0.25) is 4.79 Å². The van der Waals surface area contributed by atoms with Gasteiger partial charge in [0, 0.05) is 42.7 Å². The van der Waals surface area contributed by atoms with Crippen LogP contribution in [-0.4, -0.2) is 52.0 Å². The molecule has 1 saturated carbocycles. The SMILES string of the molecule is CC(C)CC1c2[nH]c3ccccc3c2CCN1C(=O)C1CCCCC1CN(C)C(=O)O. The van der Waals surface area contributed by atoms with Gasteiger partial charge in [0.15, 0.2) is 0 Å². The lowest BCUT2D eigenvalue weighted by Crippen LogP contribution is -2.47. The highest BCUT2D eigenvalue weighted by molar-refractivity contribution is 5.86. The van der Waals surface area contributed by atoms with Crippen molar-refractivity contribution in [1.82, 2.24) is 14.8 Å². The van der Waals surface area contributed by atoms with Gasteiger partial charge >= 0.3 is 6.09 Å². The Labute approximate surface area is 184 Å². The Hall–Kier alpha value is -2.50. The number of carboxylic acid groups (broad SMARTS) is 1. The summed E-state index contributed by atoms with van der Waals surface area (Å²) in [6.07, 6.45) is 4.78. The number of H-pyrrole nitrogens is 1. The molecule has 3 unspecified atom stereocenters. The van der Waals surface area contributed by atoms with E-state index in [-0.39, 0.29) is 23.8 Å². The molecule has 0 spiro atoms. The van der Waals surface area contributed by atoms with Crippen molar-refractivity contribution >= 4 is 22.9 Å². The molecule has 6 nitrogen and oxygen atoms in total. The van der Waals surface area contributed by atoms with Gasteiger partial charge in [0.2, 0.25) is 5.91 Å². The van der Waals surface area contributed by atoms with E-state index in [9.17, 15) is 14.7 Å². The molecule has 4 rings (SSSR count). The number of nitrogens with zero attached hydrogens (tertiary/aromatic N) is 2. The largest absolute Gasteiger partial charge is 0.465 e. The third-order valence-electron chi connectivity index (χ3n) is 7.20. The fraction of sp³-hybridized carbons (Fsp3) is 0.600. The number of nitrogens with one attached hydrogen (secondary N) is 1. The van der Waals surface area contributed by atoms with Crippen LogP contribution in [0.3, 0.4) is 0 Å². The first-order chi connectivity index (χ1) is 14.9. The number of fused-ring (bicyclic) bond motifs is 3. The average Bonchev–Trinajstić information content (AvgIpc) is 3.13. The Balaban J connectivity index is 1.63. The third kappa shape index (κ3) is 4.30. The predicted octanol–water partition coefficient (Wildman–Crippen LogP) is 5.06. The van der Waals surface area contributed by atoms with Gasteiger partial charge in [0.25, 0.3) is 0 Å².